The summed E-state index contributed by atoms with van der Waals surface area (Å²) in [6.07, 6.45) is 5.41. The van der Waals surface area contributed by atoms with Gasteiger partial charge in [0.25, 0.3) is 0 Å². The Morgan fingerprint density at radius 1 is 1.17 bits per heavy atom. The van der Waals surface area contributed by atoms with Crippen LogP contribution in [0, 0.1) is 11.3 Å². The summed E-state index contributed by atoms with van der Waals surface area (Å²) in [6, 6.07) is 7.99. The minimum atomic E-state index is 0.359. The van der Waals surface area contributed by atoms with Crippen LogP contribution >= 0.6 is 0 Å². The fourth-order valence-electron chi connectivity index (χ4n) is 3.12. The first-order chi connectivity index (χ1) is 11.8. The molecule has 2 aliphatic rings. The van der Waals surface area contributed by atoms with Gasteiger partial charge in [0.15, 0.2) is 0 Å². The maximum atomic E-state index is 9.12. The number of hydrogen-bond acceptors (Lipinski definition) is 6. The van der Waals surface area contributed by atoms with Gasteiger partial charge in [-0.1, -0.05) is 0 Å². The van der Waals surface area contributed by atoms with E-state index in [0.29, 0.717) is 18.2 Å². The van der Waals surface area contributed by atoms with Crippen molar-refractivity contribution in [3.8, 4) is 6.07 Å². The van der Waals surface area contributed by atoms with Crippen molar-refractivity contribution in [2.24, 2.45) is 4.99 Å². The number of aromatic nitrogens is 2. The molecule has 0 aliphatic carbocycles. The van der Waals surface area contributed by atoms with Gasteiger partial charge >= 0.3 is 0 Å². The number of hydrogen-bond donors (Lipinski definition) is 1. The zero-order valence-electron chi connectivity index (χ0n) is 13.2. The highest BCUT2D eigenvalue weighted by molar-refractivity contribution is 6.16. The van der Waals surface area contributed by atoms with Gasteiger partial charge in [-0.05, 0) is 36.6 Å². The largest absolute Gasteiger partial charge is 0.381 e. The van der Waals surface area contributed by atoms with Crippen LogP contribution in [0.2, 0.25) is 0 Å². The Balaban J connectivity index is 1.69. The predicted molar refractivity (Wildman–Crippen MR) is 90.0 cm³/mol. The summed E-state index contributed by atoms with van der Waals surface area (Å²) in [5.74, 6) is 0.847. The van der Waals surface area contributed by atoms with Gasteiger partial charge in [0.2, 0.25) is 0 Å². The molecule has 0 saturated carbocycles. The summed E-state index contributed by atoms with van der Waals surface area (Å²) in [7, 11) is 0. The maximum Gasteiger partial charge on any atom is 0.136 e. The van der Waals surface area contributed by atoms with E-state index in [1.54, 1.807) is 18.3 Å². The van der Waals surface area contributed by atoms with Gasteiger partial charge in [-0.3, -0.25) is 9.98 Å². The molecule has 1 saturated heterocycles. The molecule has 0 aromatic carbocycles. The molecule has 0 bridgehead atoms. The van der Waals surface area contributed by atoms with E-state index in [0.717, 1.165) is 54.4 Å². The minimum Gasteiger partial charge on any atom is -0.381 e. The van der Waals surface area contributed by atoms with Crippen molar-refractivity contribution >= 4 is 11.5 Å². The normalized spacial score (nSPS) is 17.0. The Hall–Kier alpha value is -2.78. The number of nitrogens with zero attached hydrogens (tertiary/aromatic N) is 4. The standard InChI is InChI=1S/C18H17N5O/c19-10-12-1-5-20-15(9-12)17-16-13(11-22-17)2-6-21-18(16)23-14-3-7-24-8-4-14/h1-2,5-6,9,14H,3-4,7-8,11H2,(H,21,23). The number of ether oxygens (including phenoxy) is 1. The third-order valence-corrected chi connectivity index (χ3v) is 4.38. The molecular formula is C18H17N5O. The molecule has 2 aromatic rings. The molecule has 24 heavy (non-hydrogen) atoms. The fraction of sp³-hybridized carbons (Fsp3) is 0.333. The third kappa shape index (κ3) is 2.74. The predicted octanol–water partition coefficient (Wildman–Crippen LogP) is 2.29. The van der Waals surface area contributed by atoms with Crippen LogP contribution in [0.4, 0.5) is 5.82 Å². The SMILES string of the molecule is N#Cc1ccnc(C2=NCc3ccnc(NC4CCOCC4)c32)c1. The van der Waals surface area contributed by atoms with Gasteiger partial charge in [-0.25, -0.2) is 4.98 Å². The first kappa shape index (κ1) is 14.8. The smallest absolute Gasteiger partial charge is 0.136 e. The molecule has 4 heterocycles. The molecule has 4 rings (SSSR count). The van der Waals surface area contributed by atoms with Crippen LogP contribution in [0.25, 0.3) is 0 Å². The van der Waals surface area contributed by atoms with Gasteiger partial charge < -0.3 is 10.1 Å². The average molecular weight is 319 g/mol. The molecule has 0 amide bonds. The first-order valence-electron chi connectivity index (χ1n) is 8.08. The highest BCUT2D eigenvalue weighted by Crippen LogP contribution is 2.29. The molecule has 0 atom stereocenters. The molecule has 0 unspecified atom stereocenters. The van der Waals surface area contributed by atoms with Crippen LogP contribution < -0.4 is 5.32 Å². The third-order valence-electron chi connectivity index (χ3n) is 4.38. The summed E-state index contributed by atoms with van der Waals surface area (Å²) in [4.78, 5) is 13.6. The maximum absolute atomic E-state index is 9.12. The van der Waals surface area contributed by atoms with E-state index >= 15 is 0 Å². The Morgan fingerprint density at radius 2 is 2.00 bits per heavy atom. The zero-order valence-corrected chi connectivity index (χ0v) is 13.2. The lowest BCUT2D eigenvalue weighted by atomic mass is 10.0. The van der Waals surface area contributed by atoms with E-state index in [1.165, 1.54) is 0 Å². The summed E-state index contributed by atoms with van der Waals surface area (Å²) in [5.41, 5.74) is 4.25. The van der Waals surface area contributed by atoms with Crippen molar-refractivity contribution in [2.75, 3.05) is 18.5 Å². The second-order valence-corrected chi connectivity index (χ2v) is 5.93. The van der Waals surface area contributed by atoms with E-state index in [-0.39, 0.29) is 0 Å². The molecule has 0 radical (unpaired) electrons. The summed E-state index contributed by atoms with van der Waals surface area (Å²) < 4.78 is 5.42. The Bertz CT molecular complexity index is 834. The summed E-state index contributed by atoms with van der Waals surface area (Å²) >= 11 is 0. The molecule has 0 spiro atoms. The van der Waals surface area contributed by atoms with Crippen molar-refractivity contribution in [3.63, 3.8) is 0 Å². The molecule has 1 N–H and O–H groups in total. The van der Waals surface area contributed by atoms with Crippen LogP contribution in [0.1, 0.15) is 35.2 Å². The lowest BCUT2D eigenvalue weighted by Gasteiger charge is -2.24. The van der Waals surface area contributed by atoms with Crippen molar-refractivity contribution in [2.45, 2.75) is 25.4 Å². The van der Waals surface area contributed by atoms with Crippen LogP contribution in [-0.2, 0) is 11.3 Å². The number of fused-ring (bicyclic) bond motifs is 1. The highest BCUT2D eigenvalue weighted by atomic mass is 16.5. The molecule has 2 aromatic heterocycles. The molecular weight excluding hydrogens is 302 g/mol. The fourth-order valence-corrected chi connectivity index (χ4v) is 3.12. The number of rotatable bonds is 3. The van der Waals surface area contributed by atoms with Gasteiger partial charge in [0.05, 0.1) is 29.6 Å². The molecule has 6 heteroatoms. The number of nitriles is 1. The highest BCUT2D eigenvalue weighted by Gasteiger charge is 2.25. The van der Waals surface area contributed by atoms with Crippen molar-refractivity contribution in [1.29, 1.82) is 5.26 Å². The van der Waals surface area contributed by atoms with E-state index in [1.807, 2.05) is 12.3 Å². The molecule has 120 valence electrons. The average Bonchev–Trinajstić information content (AvgIpc) is 3.08. The monoisotopic (exact) mass is 319 g/mol. The minimum absolute atomic E-state index is 0.359. The number of nitrogens with one attached hydrogen (secondary N) is 1. The van der Waals surface area contributed by atoms with Crippen LogP contribution in [0.15, 0.2) is 35.6 Å². The number of aliphatic imine (C=N–C) groups is 1. The van der Waals surface area contributed by atoms with Crippen LogP contribution in [0.5, 0.6) is 0 Å². The van der Waals surface area contributed by atoms with Crippen LogP contribution in [-0.4, -0.2) is 34.9 Å². The quantitative estimate of drug-likeness (QED) is 0.938. The van der Waals surface area contributed by atoms with E-state index in [9.17, 15) is 0 Å². The van der Waals surface area contributed by atoms with Crippen LogP contribution in [0.3, 0.4) is 0 Å². The summed E-state index contributed by atoms with van der Waals surface area (Å²) in [5, 5.41) is 12.7. The van der Waals surface area contributed by atoms with Crippen molar-refractivity contribution in [1.82, 2.24) is 9.97 Å². The zero-order chi connectivity index (χ0) is 16.4. The molecule has 2 aliphatic heterocycles. The summed E-state index contributed by atoms with van der Waals surface area (Å²) in [6.45, 7) is 2.17. The molecule has 6 nitrogen and oxygen atoms in total. The lowest BCUT2D eigenvalue weighted by Crippen LogP contribution is -2.29. The lowest BCUT2D eigenvalue weighted by molar-refractivity contribution is 0.0904. The Kier molecular flexibility index (Phi) is 3.93. The topological polar surface area (TPSA) is 83.2 Å². The Morgan fingerprint density at radius 3 is 2.83 bits per heavy atom. The van der Waals surface area contributed by atoms with Crippen molar-refractivity contribution < 1.29 is 4.74 Å². The van der Waals surface area contributed by atoms with Gasteiger partial charge in [-0.2, -0.15) is 5.26 Å². The first-order valence-corrected chi connectivity index (χ1v) is 8.08. The number of pyridine rings is 2. The van der Waals surface area contributed by atoms with E-state index in [4.69, 9.17) is 10.00 Å². The Labute approximate surface area is 140 Å². The number of anilines is 1. The van der Waals surface area contributed by atoms with Crippen molar-refractivity contribution in [3.05, 3.63) is 53.0 Å². The van der Waals surface area contributed by atoms with Gasteiger partial charge in [0, 0.05) is 37.2 Å². The molecule has 1 fully saturated rings. The van der Waals surface area contributed by atoms with E-state index < -0.39 is 0 Å². The second kappa shape index (κ2) is 6.38. The van der Waals surface area contributed by atoms with Gasteiger partial charge in [0.1, 0.15) is 5.82 Å². The van der Waals surface area contributed by atoms with Gasteiger partial charge in [-0.15, -0.1) is 0 Å². The van der Waals surface area contributed by atoms with E-state index in [2.05, 4.69) is 26.3 Å². The second-order valence-electron chi connectivity index (χ2n) is 5.93.